The van der Waals surface area contributed by atoms with Gasteiger partial charge in [0.15, 0.2) is 0 Å². The molecule has 1 unspecified atom stereocenters. The fourth-order valence-corrected chi connectivity index (χ4v) is 1.85. The molecule has 6 heteroatoms. The van der Waals surface area contributed by atoms with Crippen molar-refractivity contribution in [3.8, 4) is 0 Å². The first-order valence-corrected chi connectivity index (χ1v) is 6.39. The van der Waals surface area contributed by atoms with Gasteiger partial charge in [0.1, 0.15) is 6.54 Å². The molecule has 0 aliphatic carbocycles. The van der Waals surface area contributed by atoms with Gasteiger partial charge in [-0.25, -0.2) is 0 Å². The number of aryl methyl sites for hydroxylation is 1. The van der Waals surface area contributed by atoms with E-state index >= 15 is 0 Å². The predicted octanol–water partition coefficient (Wildman–Crippen LogP) is 1.04. The summed E-state index contributed by atoms with van der Waals surface area (Å²) in [4.78, 5) is 22.6. The molecule has 0 fully saturated rings. The van der Waals surface area contributed by atoms with Gasteiger partial charge in [0.25, 0.3) is 0 Å². The molecule has 1 aromatic rings. The monoisotopic (exact) mass is 267 g/mol. The molecule has 6 nitrogen and oxygen atoms in total. The van der Waals surface area contributed by atoms with Crippen LogP contribution in [-0.2, 0) is 22.6 Å². The van der Waals surface area contributed by atoms with Gasteiger partial charge in [-0.2, -0.15) is 5.10 Å². The fraction of sp³-hybridized carbons (Fsp3) is 0.615. The number of aliphatic carboxylic acids is 1. The Hall–Kier alpha value is -1.85. The lowest BCUT2D eigenvalue weighted by atomic mass is 10.1. The van der Waals surface area contributed by atoms with Crippen LogP contribution in [0.25, 0.3) is 0 Å². The van der Waals surface area contributed by atoms with Crippen molar-refractivity contribution in [2.24, 2.45) is 0 Å². The molecular formula is C13H21N3O3. The molecule has 1 aromatic heterocycles. The first-order valence-electron chi connectivity index (χ1n) is 6.39. The van der Waals surface area contributed by atoms with Crippen molar-refractivity contribution in [3.05, 3.63) is 17.0 Å². The van der Waals surface area contributed by atoms with Crippen LogP contribution >= 0.6 is 0 Å². The molecular weight excluding hydrogens is 246 g/mol. The van der Waals surface area contributed by atoms with Gasteiger partial charge in [-0.15, -0.1) is 0 Å². The van der Waals surface area contributed by atoms with Crippen LogP contribution in [-0.4, -0.2) is 32.8 Å². The van der Waals surface area contributed by atoms with Crippen LogP contribution in [0.2, 0.25) is 0 Å². The molecule has 0 aliphatic heterocycles. The third kappa shape index (κ3) is 4.08. The van der Waals surface area contributed by atoms with Gasteiger partial charge in [0, 0.05) is 17.3 Å². The van der Waals surface area contributed by atoms with E-state index in [2.05, 4.69) is 10.4 Å². The van der Waals surface area contributed by atoms with E-state index in [9.17, 15) is 9.59 Å². The molecule has 106 valence electrons. The van der Waals surface area contributed by atoms with Gasteiger partial charge in [-0.3, -0.25) is 14.3 Å². The van der Waals surface area contributed by atoms with Crippen LogP contribution in [0.3, 0.4) is 0 Å². The minimum absolute atomic E-state index is 0.0648. The number of carboxylic acid groups (broad SMARTS) is 1. The first kappa shape index (κ1) is 15.2. The van der Waals surface area contributed by atoms with E-state index in [-0.39, 0.29) is 24.9 Å². The number of carbonyl (C=O) groups excluding carboxylic acids is 1. The summed E-state index contributed by atoms with van der Waals surface area (Å²) in [6.07, 6.45) is 0.803. The molecule has 0 aromatic carbocycles. The minimum atomic E-state index is -0.894. The Kier molecular flexibility index (Phi) is 5.09. The van der Waals surface area contributed by atoms with E-state index in [0.717, 1.165) is 12.1 Å². The normalized spacial score (nSPS) is 12.2. The van der Waals surface area contributed by atoms with Crippen LogP contribution < -0.4 is 5.32 Å². The number of carbonyl (C=O) groups is 2. The number of nitrogens with one attached hydrogen (secondary N) is 1. The molecule has 0 bridgehead atoms. The average molecular weight is 267 g/mol. The summed E-state index contributed by atoms with van der Waals surface area (Å²) in [5, 5.41) is 15.9. The Morgan fingerprint density at radius 3 is 2.58 bits per heavy atom. The standard InChI is InChI=1S/C13H21N3O3/c1-5-8(2)14-12(17)7-16-10(4)11(6-13(18)19)9(3)15-16/h8H,5-7H2,1-4H3,(H,14,17)(H,18,19). The molecule has 0 saturated carbocycles. The molecule has 1 heterocycles. The highest BCUT2D eigenvalue weighted by molar-refractivity contribution is 5.76. The van der Waals surface area contributed by atoms with Crippen molar-refractivity contribution in [2.45, 2.75) is 53.1 Å². The molecule has 1 atom stereocenters. The molecule has 19 heavy (non-hydrogen) atoms. The average Bonchev–Trinajstić information content (AvgIpc) is 2.56. The SMILES string of the molecule is CCC(C)NC(=O)Cn1nc(C)c(CC(=O)O)c1C. The van der Waals surface area contributed by atoms with Crippen LogP contribution in [0.5, 0.6) is 0 Å². The van der Waals surface area contributed by atoms with Crippen molar-refractivity contribution in [3.63, 3.8) is 0 Å². The molecule has 1 amide bonds. The summed E-state index contributed by atoms with van der Waals surface area (Å²) in [7, 11) is 0. The summed E-state index contributed by atoms with van der Waals surface area (Å²) >= 11 is 0. The number of aromatic nitrogens is 2. The summed E-state index contributed by atoms with van der Waals surface area (Å²) in [5.74, 6) is -1.00. The molecule has 0 aliphatic rings. The van der Waals surface area contributed by atoms with E-state index in [1.807, 2.05) is 13.8 Å². The Morgan fingerprint density at radius 1 is 1.42 bits per heavy atom. The maximum Gasteiger partial charge on any atom is 0.307 e. The second kappa shape index (κ2) is 6.36. The lowest BCUT2D eigenvalue weighted by Gasteiger charge is -2.12. The van der Waals surface area contributed by atoms with E-state index in [4.69, 9.17) is 5.11 Å². The van der Waals surface area contributed by atoms with Gasteiger partial charge in [0.05, 0.1) is 12.1 Å². The number of carboxylic acids is 1. The highest BCUT2D eigenvalue weighted by Gasteiger charge is 2.16. The summed E-state index contributed by atoms with van der Waals surface area (Å²) in [5.41, 5.74) is 2.08. The summed E-state index contributed by atoms with van der Waals surface area (Å²) in [6.45, 7) is 7.61. The van der Waals surface area contributed by atoms with Crippen LogP contribution in [0.1, 0.15) is 37.2 Å². The van der Waals surface area contributed by atoms with Gasteiger partial charge in [0.2, 0.25) is 5.91 Å². The maximum absolute atomic E-state index is 11.8. The van der Waals surface area contributed by atoms with Crippen molar-refractivity contribution in [1.82, 2.24) is 15.1 Å². The van der Waals surface area contributed by atoms with Crippen LogP contribution in [0.4, 0.5) is 0 Å². The zero-order valence-corrected chi connectivity index (χ0v) is 11.9. The Labute approximate surface area is 112 Å². The van der Waals surface area contributed by atoms with Crippen molar-refractivity contribution < 1.29 is 14.7 Å². The lowest BCUT2D eigenvalue weighted by Crippen LogP contribution is -2.35. The second-order valence-corrected chi connectivity index (χ2v) is 4.75. The number of rotatable bonds is 6. The molecule has 1 rings (SSSR count). The first-order chi connectivity index (χ1) is 8.85. The highest BCUT2D eigenvalue weighted by Crippen LogP contribution is 2.13. The summed E-state index contributed by atoms with van der Waals surface area (Å²) < 4.78 is 1.56. The summed E-state index contributed by atoms with van der Waals surface area (Å²) in [6, 6.07) is 0.128. The quantitative estimate of drug-likeness (QED) is 0.806. The fourth-order valence-electron chi connectivity index (χ4n) is 1.85. The number of amides is 1. The van der Waals surface area contributed by atoms with E-state index in [1.54, 1.807) is 18.5 Å². The molecule has 2 N–H and O–H groups in total. The van der Waals surface area contributed by atoms with Crippen LogP contribution in [0, 0.1) is 13.8 Å². The number of hydrogen-bond donors (Lipinski definition) is 2. The maximum atomic E-state index is 11.8. The topological polar surface area (TPSA) is 84.2 Å². The third-order valence-corrected chi connectivity index (χ3v) is 3.17. The Bertz CT molecular complexity index is 480. The van der Waals surface area contributed by atoms with E-state index in [1.165, 1.54) is 0 Å². The molecule has 0 spiro atoms. The Morgan fingerprint density at radius 2 is 2.05 bits per heavy atom. The second-order valence-electron chi connectivity index (χ2n) is 4.75. The van der Waals surface area contributed by atoms with Crippen molar-refractivity contribution in [2.75, 3.05) is 0 Å². The third-order valence-electron chi connectivity index (χ3n) is 3.17. The zero-order chi connectivity index (χ0) is 14.6. The Balaban J connectivity index is 2.80. The molecule has 0 saturated heterocycles. The predicted molar refractivity (Wildman–Crippen MR) is 70.9 cm³/mol. The van der Waals surface area contributed by atoms with Crippen LogP contribution in [0.15, 0.2) is 0 Å². The lowest BCUT2D eigenvalue weighted by molar-refractivity contribution is -0.136. The van der Waals surface area contributed by atoms with E-state index < -0.39 is 5.97 Å². The van der Waals surface area contributed by atoms with Gasteiger partial charge in [-0.05, 0) is 27.2 Å². The van der Waals surface area contributed by atoms with Gasteiger partial charge >= 0.3 is 5.97 Å². The van der Waals surface area contributed by atoms with Crippen molar-refractivity contribution in [1.29, 1.82) is 0 Å². The smallest absolute Gasteiger partial charge is 0.307 e. The highest BCUT2D eigenvalue weighted by atomic mass is 16.4. The van der Waals surface area contributed by atoms with Gasteiger partial charge in [-0.1, -0.05) is 6.92 Å². The number of nitrogens with zero attached hydrogens (tertiary/aromatic N) is 2. The largest absolute Gasteiger partial charge is 0.481 e. The van der Waals surface area contributed by atoms with Gasteiger partial charge < -0.3 is 10.4 Å². The molecule has 0 radical (unpaired) electrons. The zero-order valence-electron chi connectivity index (χ0n) is 11.9. The van der Waals surface area contributed by atoms with E-state index in [0.29, 0.717) is 11.3 Å². The number of hydrogen-bond acceptors (Lipinski definition) is 3. The minimum Gasteiger partial charge on any atom is -0.481 e. The van der Waals surface area contributed by atoms with Crippen molar-refractivity contribution >= 4 is 11.9 Å².